The first kappa shape index (κ1) is 14.2. The van der Waals surface area contributed by atoms with Gasteiger partial charge in [0.05, 0.1) is 13.2 Å². The lowest BCUT2D eigenvalue weighted by atomic mass is 10.0. The minimum atomic E-state index is -0.996. The molecule has 0 aromatic heterocycles. The van der Waals surface area contributed by atoms with Crippen LogP contribution in [0.2, 0.25) is 0 Å². The Balaban J connectivity index is 2.10. The largest absolute Gasteiger partial charge is 0.394 e. The van der Waals surface area contributed by atoms with Gasteiger partial charge in [-0.2, -0.15) is 0 Å². The predicted octanol–water partition coefficient (Wildman–Crippen LogP) is 0.0112. The van der Waals surface area contributed by atoms with Gasteiger partial charge >= 0.3 is 0 Å². The molecule has 2 heterocycles. The third-order valence-electron chi connectivity index (χ3n) is 3.13. The highest BCUT2D eigenvalue weighted by atomic mass is 16.8. The van der Waals surface area contributed by atoms with Crippen molar-refractivity contribution in [1.82, 2.24) is 0 Å². The Labute approximate surface area is 107 Å². The van der Waals surface area contributed by atoms with Crippen LogP contribution in [0.5, 0.6) is 0 Å². The van der Waals surface area contributed by atoms with E-state index < -0.39 is 29.9 Å². The van der Waals surface area contributed by atoms with Crippen LogP contribution >= 0.6 is 0 Å². The summed E-state index contributed by atoms with van der Waals surface area (Å²) in [7, 11) is 0. The van der Waals surface area contributed by atoms with Crippen molar-refractivity contribution in [2.45, 2.75) is 63.7 Å². The molecule has 6 heteroatoms. The van der Waals surface area contributed by atoms with Crippen molar-refractivity contribution in [2.75, 3.05) is 13.2 Å². The summed E-state index contributed by atoms with van der Waals surface area (Å²) in [6.45, 7) is 7.19. The number of hydrogen-bond acceptors (Lipinski definition) is 6. The smallest absolute Gasteiger partial charge is 0.164 e. The molecule has 6 nitrogen and oxygen atoms in total. The van der Waals surface area contributed by atoms with Gasteiger partial charge in [-0.05, 0) is 27.7 Å². The van der Waals surface area contributed by atoms with Gasteiger partial charge in [-0.1, -0.05) is 0 Å². The first-order chi connectivity index (χ1) is 8.24. The first-order valence-electron chi connectivity index (χ1n) is 6.20. The van der Waals surface area contributed by atoms with Crippen molar-refractivity contribution >= 4 is 0 Å². The molecule has 2 fully saturated rings. The lowest BCUT2D eigenvalue weighted by molar-refractivity contribution is -0.175. The van der Waals surface area contributed by atoms with Crippen molar-refractivity contribution in [3.05, 3.63) is 0 Å². The van der Waals surface area contributed by atoms with E-state index in [2.05, 4.69) is 0 Å². The van der Waals surface area contributed by atoms with Crippen molar-refractivity contribution < 1.29 is 29.2 Å². The Morgan fingerprint density at radius 3 is 2.28 bits per heavy atom. The molecule has 0 aromatic rings. The maximum absolute atomic E-state index is 9.80. The zero-order chi connectivity index (χ0) is 13.6. The number of hydrogen-bond donors (Lipinski definition) is 2. The maximum Gasteiger partial charge on any atom is 0.164 e. The summed E-state index contributed by atoms with van der Waals surface area (Å²) < 4.78 is 22.6. The van der Waals surface area contributed by atoms with Gasteiger partial charge in [-0.3, -0.25) is 0 Å². The van der Waals surface area contributed by atoms with Gasteiger partial charge in [0, 0.05) is 0 Å². The minimum absolute atomic E-state index is 0.312. The van der Waals surface area contributed by atoms with Gasteiger partial charge in [0.15, 0.2) is 11.6 Å². The second-order valence-electron chi connectivity index (χ2n) is 5.68. The van der Waals surface area contributed by atoms with Crippen LogP contribution in [0.15, 0.2) is 0 Å². The summed E-state index contributed by atoms with van der Waals surface area (Å²) in [5, 5.41) is 18.9. The Morgan fingerprint density at radius 2 is 1.78 bits per heavy atom. The average molecular weight is 262 g/mol. The molecular weight excluding hydrogens is 240 g/mol. The van der Waals surface area contributed by atoms with E-state index in [-0.39, 0.29) is 12.7 Å². The van der Waals surface area contributed by atoms with E-state index in [1.165, 1.54) is 0 Å². The molecule has 0 radical (unpaired) electrons. The highest BCUT2D eigenvalue weighted by Crippen LogP contribution is 2.36. The highest BCUT2D eigenvalue weighted by molar-refractivity contribution is 4.93. The molecule has 2 aliphatic rings. The Kier molecular flexibility index (Phi) is 3.70. The van der Waals surface area contributed by atoms with Crippen LogP contribution < -0.4 is 0 Å². The van der Waals surface area contributed by atoms with Crippen LogP contribution in [-0.4, -0.2) is 59.4 Å². The number of aliphatic hydroxyl groups excluding tert-OH is 2. The summed E-state index contributed by atoms with van der Waals surface area (Å²) in [4.78, 5) is 0. The molecule has 0 amide bonds. The van der Waals surface area contributed by atoms with E-state index in [9.17, 15) is 5.11 Å². The summed E-state index contributed by atoms with van der Waals surface area (Å²) in [5.74, 6) is -1.46. The molecule has 106 valence electrons. The van der Waals surface area contributed by atoms with E-state index >= 15 is 0 Å². The van der Waals surface area contributed by atoms with E-state index in [1.807, 2.05) is 13.8 Å². The van der Waals surface area contributed by atoms with Crippen LogP contribution in [0, 0.1) is 0 Å². The summed E-state index contributed by atoms with van der Waals surface area (Å²) >= 11 is 0. The lowest BCUT2D eigenvalue weighted by Crippen LogP contribution is -2.45. The Bertz CT molecular complexity index is 303. The molecule has 2 N–H and O–H groups in total. The molecule has 18 heavy (non-hydrogen) atoms. The van der Waals surface area contributed by atoms with Gasteiger partial charge in [-0.15, -0.1) is 0 Å². The molecule has 0 bridgehead atoms. The van der Waals surface area contributed by atoms with E-state index in [0.717, 1.165) is 0 Å². The minimum Gasteiger partial charge on any atom is -0.394 e. The molecule has 0 aromatic carbocycles. The van der Waals surface area contributed by atoms with Crippen LogP contribution in [0.4, 0.5) is 0 Å². The van der Waals surface area contributed by atoms with Gasteiger partial charge in [-0.25, -0.2) is 0 Å². The van der Waals surface area contributed by atoms with Crippen LogP contribution in [0.1, 0.15) is 27.7 Å². The van der Waals surface area contributed by atoms with Crippen LogP contribution in [0.3, 0.4) is 0 Å². The SMILES string of the molecule is CC1(C)O[C@@H]([C@H]2COC(C)(C)O2)[C@@H]([C@@H](O)CO)O1. The standard InChI is InChI=1S/C12H22O6/c1-11(2)15-6-8(16-11)10-9(7(14)5-13)17-12(3,4)18-10/h7-10,13-14H,5-6H2,1-4H3/t7-,8+,9+,10-/m0/s1. The monoisotopic (exact) mass is 262 g/mol. The molecule has 2 saturated heterocycles. The molecule has 0 spiro atoms. The molecule has 4 atom stereocenters. The van der Waals surface area contributed by atoms with E-state index in [0.29, 0.717) is 6.61 Å². The number of aliphatic hydroxyl groups is 2. The second-order valence-corrected chi connectivity index (χ2v) is 5.68. The van der Waals surface area contributed by atoms with Crippen LogP contribution in [-0.2, 0) is 18.9 Å². The molecule has 0 aliphatic carbocycles. The van der Waals surface area contributed by atoms with Crippen molar-refractivity contribution in [2.24, 2.45) is 0 Å². The van der Waals surface area contributed by atoms with Gasteiger partial charge in [0.2, 0.25) is 0 Å². The molecule has 2 rings (SSSR count). The second kappa shape index (κ2) is 4.70. The van der Waals surface area contributed by atoms with Crippen molar-refractivity contribution in [1.29, 1.82) is 0 Å². The molecule has 0 unspecified atom stereocenters. The van der Waals surface area contributed by atoms with Gasteiger partial charge in [0.1, 0.15) is 24.4 Å². The van der Waals surface area contributed by atoms with E-state index in [4.69, 9.17) is 24.1 Å². The zero-order valence-corrected chi connectivity index (χ0v) is 11.3. The summed E-state index contributed by atoms with van der Waals surface area (Å²) in [6, 6.07) is 0. The summed E-state index contributed by atoms with van der Waals surface area (Å²) in [5.41, 5.74) is 0. The zero-order valence-electron chi connectivity index (χ0n) is 11.3. The summed E-state index contributed by atoms with van der Waals surface area (Å²) in [6.07, 6.45) is -2.38. The Hall–Kier alpha value is -0.240. The fourth-order valence-corrected chi connectivity index (χ4v) is 2.38. The molecule has 2 aliphatic heterocycles. The fourth-order valence-electron chi connectivity index (χ4n) is 2.38. The third-order valence-corrected chi connectivity index (χ3v) is 3.13. The van der Waals surface area contributed by atoms with E-state index in [1.54, 1.807) is 13.8 Å². The molecular formula is C12H22O6. The van der Waals surface area contributed by atoms with Crippen molar-refractivity contribution in [3.63, 3.8) is 0 Å². The Morgan fingerprint density at radius 1 is 1.11 bits per heavy atom. The maximum atomic E-state index is 9.80. The number of ether oxygens (including phenoxy) is 4. The fraction of sp³-hybridized carbons (Fsp3) is 1.00. The third kappa shape index (κ3) is 2.84. The van der Waals surface area contributed by atoms with Gasteiger partial charge < -0.3 is 29.2 Å². The quantitative estimate of drug-likeness (QED) is 0.746. The first-order valence-corrected chi connectivity index (χ1v) is 6.20. The number of rotatable bonds is 3. The molecule has 0 saturated carbocycles. The lowest BCUT2D eigenvalue weighted by Gasteiger charge is -2.25. The van der Waals surface area contributed by atoms with Gasteiger partial charge in [0.25, 0.3) is 0 Å². The average Bonchev–Trinajstić information content (AvgIpc) is 2.77. The topological polar surface area (TPSA) is 77.4 Å². The normalized spacial score (nSPS) is 40.0. The van der Waals surface area contributed by atoms with Crippen LogP contribution in [0.25, 0.3) is 0 Å². The van der Waals surface area contributed by atoms with Crippen molar-refractivity contribution in [3.8, 4) is 0 Å². The highest BCUT2D eigenvalue weighted by Gasteiger charge is 2.51. The predicted molar refractivity (Wildman–Crippen MR) is 61.8 cm³/mol.